The lowest BCUT2D eigenvalue weighted by atomic mass is 10.2. The van der Waals surface area contributed by atoms with E-state index in [2.05, 4.69) is 4.72 Å². The molecule has 1 amide bonds. The van der Waals surface area contributed by atoms with Crippen LogP contribution >= 0.6 is 0 Å². The van der Waals surface area contributed by atoms with Crippen LogP contribution in [0, 0.1) is 0 Å². The molecule has 1 atom stereocenters. The van der Waals surface area contributed by atoms with Crippen molar-refractivity contribution in [2.45, 2.75) is 43.3 Å². The topological polar surface area (TPSA) is 111 Å². The van der Waals surface area contributed by atoms with Gasteiger partial charge in [0, 0.05) is 12.6 Å². The Balaban J connectivity index is 1.54. The lowest BCUT2D eigenvalue weighted by molar-refractivity contribution is -0.153. The molecule has 9 nitrogen and oxygen atoms in total. The van der Waals surface area contributed by atoms with E-state index < -0.39 is 28.6 Å². The number of hydrogen-bond acceptors (Lipinski definition) is 7. The molecular formula is C23H28N2O7S. The van der Waals surface area contributed by atoms with E-state index in [0.29, 0.717) is 12.3 Å². The van der Waals surface area contributed by atoms with Gasteiger partial charge in [-0.1, -0.05) is 12.1 Å². The first-order valence-electron chi connectivity index (χ1n) is 10.5. The van der Waals surface area contributed by atoms with Gasteiger partial charge >= 0.3 is 5.97 Å². The Kier molecular flexibility index (Phi) is 7.93. The summed E-state index contributed by atoms with van der Waals surface area (Å²) >= 11 is 0. The average molecular weight is 477 g/mol. The fourth-order valence-corrected chi connectivity index (χ4v) is 4.37. The highest BCUT2D eigenvalue weighted by molar-refractivity contribution is 7.89. The Morgan fingerprint density at radius 2 is 1.55 bits per heavy atom. The second-order valence-corrected chi connectivity index (χ2v) is 9.44. The number of carbonyl (C=O) groups is 2. The third kappa shape index (κ3) is 6.69. The Hall–Kier alpha value is -3.11. The highest BCUT2D eigenvalue weighted by Gasteiger charge is 2.33. The van der Waals surface area contributed by atoms with Gasteiger partial charge in [0.15, 0.2) is 6.61 Å². The van der Waals surface area contributed by atoms with E-state index in [1.165, 1.54) is 38.3 Å². The molecule has 0 unspecified atom stereocenters. The molecular weight excluding hydrogens is 448 g/mol. The Morgan fingerprint density at radius 1 is 1.00 bits per heavy atom. The predicted octanol–water partition coefficient (Wildman–Crippen LogP) is 2.10. The quantitative estimate of drug-likeness (QED) is 0.495. The molecule has 0 aromatic heterocycles. The fourth-order valence-electron chi connectivity index (χ4n) is 3.18. The first-order chi connectivity index (χ1) is 15.7. The monoisotopic (exact) mass is 476 g/mol. The number of methoxy groups -OCH3 is 2. The van der Waals surface area contributed by atoms with Crippen molar-refractivity contribution in [2.75, 3.05) is 20.8 Å². The number of amides is 1. The van der Waals surface area contributed by atoms with Gasteiger partial charge in [-0.3, -0.25) is 9.59 Å². The zero-order valence-electron chi connectivity index (χ0n) is 18.8. The smallest absolute Gasteiger partial charge is 0.324 e. The number of esters is 1. The molecule has 3 rings (SSSR count). The number of hydrogen-bond donors (Lipinski definition) is 1. The summed E-state index contributed by atoms with van der Waals surface area (Å²) in [6.07, 6.45) is 1.79. The van der Waals surface area contributed by atoms with Crippen molar-refractivity contribution in [3.8, 4) is 11.5 Å². The maximum absolute atomic E-state index is 12.7. The fraction of sp³-hybridized carbons (Fsp3) is 0.391. The van der Waals surface area contributed by atoms with E-state index in [1.54, 1.807) is 12.0 Å². The third-order valence-electron chi connectivity index (χ3n) is 5.21. The zero-order chi connectivity index (χ0) is 24.0. The number of sulfonamides is 1. The molecule has 0 spiro atoms. The minimum absolute atomic E-state index is 0.0153. The van der Waals surface area contributed by atoms with Gasteiger partial charge < -0.3 is 19.1 Å². The Morgan fingerprint density at radius 3 is 2.06 bits per heavy atom. The van der Waals surface area contributed by atoms with E-state index in [-0.39, 0.29) is 16.8 Å². The van der Waals surface area contributed by atoms with Crippen molar-refractivity contribution >= 4 is 21.9 Å². The van der Waals surface area contributed by atoms with Crippen LogP contribution in [0.4, 0.5) is 0 Å². The average Bonchev–Trinajstić information content (AvgIpc) is 3.66. The molecule has 2 aromatic rings. The van der Waals surface area contributed by atoms with Crippen LogP contribution in [0.15, 0.2) is 53.4 Å². The van der Waals surface area contributed by atoms with E-state index in [9.17, 15) is 18.0 Å². The minimum Gasteiger partial charge on any atom is -0.497 e. The normalized spacial score (nSPS) is 14.3. The van der Waals surface area contributed by atoms with Crippen LogP contribution in [-0.2, 0) is 30.9 Å². The van der Waals surface area contributed by atoms with Crippen LogP contribution < -0.4 is 14.2 Å². The van der Waals surface area contributed by atoms with E-state index in [4.69, 9.17) is 14.2 Å². The second-order valence-electron chi connectivity index (χ2n) is 7.73. The van der Waals surface area contributed by atoms with Crippen molar-refractivity contribution in [1.29, 1.82) is 0 Å². The van der Waals surface area contributed by atoms with Gasteiger partial charge in [-0.15, -0.1) is 0 Å². The molecule has 1 aliphatic carbocycles. The summed E-state index contributed by atoms with van der Waals surface area (Å²) < 4.78 is 42.5. The molecule has 1 N–H and O–H groups in total. The van der Waals surface area contributed by atoms with E-state index in [0.717, 1.165) is 24.2 Å². The van der Waals surface area contributed by atoms with Crippen LogP contribution in [0.5, 0.6) is 11.5 Å². The van der Waals surface area contributed by atoms with Gasteiger partial charge in [0.05, 0.1) is 19.1 Å². The first kappa shape index (κ1) is 24.5. The SMILES string of the molecule is COc1ccc(CN(C(=O)COC(=O)[C@H](C)NS(=O)(=O)c2ccc(OC)cc2)C2CC2)cc1. The number of benzene rings is 2. The predicted molar refractivity (Wildman–Crippen MR) is 120 cm³/mol. The summed E-state index contributed by atoms with van der Waals surface area (Å²) in [6.45, 7) is 1.30. The molecule has 1 aliphatic rings. The standard InChI is InChI=1S/C23H28N2O7S/c1-16(24-33(28,29)21-12-10-20(31-3)11-13-21)23(27)32-15-22(26)25(18-6-7-18)14-17-4-8-19(30-2)9-5-17/h4-5,8-13,16,18,24H,6-7,14-15H2,1-3H3/t16-/m0/s1. The number of nitrogens with zero attached hydrogens (tertiary/aromatic N) is 1. The molecule has 2 aromatic carbocycles. The summed E-state index contributed by atoms with van der Waals surface area (Å²) in [4.78, 5) is 26.7. The third-order valence-corrected chi connectivity index (χ3v) is 6.77. The van der Waals surface area contributed by atoms with Crippen LogP contribution in [0.1, 0.15) is 25.3 Å². The van der Waals surface area contributed by atoms with Crippen molar-refractivity contribution in [1.82, 2.24) is 9.62 Å². The number of nitrogens with one attached hydrogen (secondary N) is 1. The number of rotatable bonds is 11. The molecule has 178 valence electrons. The Bertz CT molecular complexity index is 1060. The summed E-state index contributed by atoms with van der Waals surface area (Å²) in [5.74, 6) is 0.0744. The van der Waals surface area contributed by atoms with Gasteiger partial charge in [-0.25, -0.2) is 8.42 Å². The summed E-state index contributed by atoms with van der Waals surface area (Å²) in [5, 5.41) is 0. The maximum Gasteiger partial charge on any atom is 0.324 e. The molecule has 0 heterocycles. The van der Waals surface area contributed by atoms with Gasteiger partial charge in [0.1, 0.15) is 17.5 Å². The molecule has 10 heteroatoms. The van der Waals surface area contributed by atoms with Gasteiger partial charge in [0.2, 0.25) is 10.0 Å². The van der Waals surface area contributed by atoms with Gasteiger partial charge in [0.25, 0.3) is 5.91 Å². The molecule has 1 fully saturated rings. The van der Waals surface area contributed by atoms with Crippen LogP contribution in [0.3, 0.4) is 0 Å². The first-order valence-corrected chi connectivity index (χ1v) is 12.0. The molecule has 0 aliphatic heterocycles. The van der Waals surface area contributed by atoms with Crippen molar-refractivity contribution in [3.63, 3.8) is 0 Å². The van der Waals surface area contributed by atoms with Gasteiger partial charge in [-0.05, 0) is 61.7 Å². The van der Waals surface area contributed by atoms with E-state index >= 15 is 0 Å². The Labute approximate surface area is 193 Å². The zero-order valence-corrected chi connectivity index (χ0v) is 19.6. The summed E-state index contributed by atoms with van der Waals surface area (Å²) in [7, 11) is -0.887. The maximum atomic E-state index is 12.7. The summed E-state index contributed by atoms with van der Waals surface area (Å²) in [6, 6.07) is 12.1. The van der Waals surface area contributed by atoms with Crippen molar-refractivity contribution in [2.24, 2.45) is 0 Å². The lowest BCUT2D eigenvalue weighted by Gasteiger charge is -2.23. The second kappa shape index (κ2) is 10.7. The van der Waals surface area contributed by atoms with Crippen LogP contribution in [0.2, 0.25) is 0 Å². The molecule has 0 radical (unpaired) electrons. The lowest BCUT2D eigenvalue weighted by Crippen LogP contribution is -2.41. The van der Waals surface area contributed by atoms with E-state index in [1.807, 2.05) is 24.3 Å². The highest BCUT2D eigenvalue weighted by atomic mass is 32.2. The minimum atomic E-state index is -3.95. The molecule has 0 saturated heterocycles. The van der Waals surface area contributed by atoms with Gasteiger partial charge in [-0.2, -0.15) is 4.72 Å². The van der Waals surface area contributed by atoms with Crippen molar-refractivity contribution < 1.29 is 32.2 Å². The molecule has 33 heavy (non-hydrogen) atoms. The number of carbonyl (C=O) groups excluding carboxylic acids is 2. The highest BCUT2D eigenvalue weighted by Crippen LogP contribution is 2.29. The van der Waals surface area contributed by atoms with Crippen LogP contribution in [-0.4, -0.2) is 58.1 Å². The largest absolute Gasteiger partial charge is 0.497 e. The molecule has 1 saturated carbocycles. The molecule has 0 bridgehead atoms. The van der Waals surface area contributed by atoms with Crippen LogP contribution in [0.25, 0.3) is 0 Å². The number of ether oxygens (including phenoxy) is 3. The van der Waals surface area contributed by atoms with Crippen molar-refractivity contribution in [3.05, 3.63) is 54.1 Å². The summed E-state index contributed by atoms with van der Waals surface area (Å²) in [5.41, 5.74) is 0.933.